The number of rotatable bonds is 3. The fourth-order valence-electron chi connectivity index (χ4n) is 4.55. The van der Waals surface area contributed by atoms with Gasteiger partial charge in [-0.25, -0.2) is 0 Å². The Morgan fingerprint density at radius 1 is 0.742 bits per heavy atom. The van der Waals surface area contributed by atoms with E-state index in [0.717, 1.165) is 0 Å². The zero-order chi connectivity index (χ0) is 21.8. The molecule has 2 aromatic heterocycles. The van der Waals surface area contributed by atoms with Crippen LogP contribution >= 0.6 is 0 Å². The SMILES string of the molecule is Cc1cc2c(cc1-c1c[c]([Ge]([CH3])([CH3])[CH3])cc[n+]1C)c1ccccc1n2-c1ccccc1. The van der Waals surface area contributed by atoms with Crippen molar-refractivity contribution < 1.29 is 4.57 Å². The van der Waals surface area contributed by atoms with Crippen LogP contribution in [-0.4, -0.2) is 17.8 Å². The zero-order valence-electron chi connectivity index (χ0n) is 19.0. The maximum absolute atomic E-state index is 2.46. The van der Waals surface area contributed by atoms with Crippen LogP contribution in [0, 0.1) is 6.92 Å². The van der Waals surface area contributed by atoms with Crippen molar-refractivity contribution in [2.75, 3.05) is 0 Å². The molecule has 0 aliphatic carbocycles. The van der Waals surface area contributed by atoms with Crippen molar-refractivity contribution in [2.24, 2.45) is 7.05 Å². The summed E-state index contributed by atoms with van der Waals surface area (Å²) in [5.74, 6) is 7.38. The molecule has 5 rings (SSSR count). The van der Waals surface area contributed by atoms with E-state index in [4.69, 9.17) is 0 Å². The standard InChI is InChI=1S/C28H29GeN2/c1-20-17-28-25(19-24(20)27-18-21(29(2,3)4)15-16-30(27)5)23-13-9-10-14-26(23)31(28)22-11-7-6-8-12-22/h6-19H,1-5H3/q+1. The van der Waals surface area contributed by atoms with Gasteiger partial charge in [0, 0.05) is 0 Å². The molecule has 0 bridgehead atoms. The van der Waals surface area contributed by atoms with Crippen molar-refractivity contribution in [3.8, 4) is 16.9 Å². The van der Waals surface area contributed by atoms with Gasteiger partial charge in [0.1, 0.15) is 0 Å². The van der Waals surface area contributed by atoms with E-state index in [1.807, 2.05) is 0 Å². The van der Waals surface area contributed by atoms with E-state index in [9.17, 15) is 0 Å². The van der Waals surface area contributed by atoms with E-state index in [1.165, 1.54) is 44.3 Å². The molecule has 0 amide bonds. The molecule has 31 heavy (non-hydrogen) atoms. The number of aryl methyl sites for hydroxylation is 2. The molecular formula is C28H29GeN2+. The molecule has 3 aromatic carbocycles. The Balaban J connectivity index is 1.84. The maximum atomic E-state index is 2.46. The van der Waals surface area contributed by atoms with Gasteiger partial charge >= 0.3 is 187 Å². The van der Waals surface area contributed by atoms with Crippen LogP contribution in [0.1, 0.15) is 5.56 Å². The van der Waals surface area contributed by atoms with E-state index in [2.05, 4.69) is 125 Å². The predicted octanol–water partition coefficient (Wildman–Crippen LogP) is 6.13. The van der Waals surface area contributed by atoms with Gasteiger partial charge in [0.05, 0.1) is 0 Å². The van der Waals surface area contributed by atoms with E-state index in [-0.39, 0.29) is 0 Å². The summed E-state index contributed by atoms with van der Waals surface area (Å²) in [6, 6.07) is 28.9. The van der Waals surface area contributed by atoms with Crippen LogP contribution in [0.4, 0.5) is 0 Å². The molecular weight excluding hydrogens is 437 g/mol. The van der Waals surface area contributed by atoms with Crippen molar-refractivity contribution in [2.45, 2.75) is 24.2 Å². The molecule has 5 aromatic rings. The summed E-state index contributed by atoms with van der Waals surface area (Å²) in [7, 11) is 2.16. The number of fused-ring (bicyclic) bond motifs is 3. The first-order valence-electron chi connectivity index (χ1n) is 10.9. The van der Waals surface area contributed by atoms with Crippen molar-refractivity contribution in [1.82, 2.24) is 4.57 Å². The minimum absolute atomic E-state index is 1.20. The molecule has 154 valence electrons. The molecule has 0 aliphatic heterocycles. The molecule has 0 saturated heterocycles. The Kier molecular flexibility index (Phi) is 4.78. The predicted molar refractivity (Wildman–Crippen MR) is 135 cm³/mol. The molecule has 3 heteroatoms. The van der Waals surface area contributed by atoms with Gasteiger partial charge in [-0.15, -0.1) is 0 Å². The summed E-state index contributed by atoms with van der Waals surface area (Å²) in [5, 5.41) is 2.61. The molecule has 0 radical (unpaired) electrons. The van der Waals surface area contributed by atoms with E-state index in [0.29, 0.717) is 0 Å². The number of hydrogen-bond acceptors (Lipinski definition) is 0. The Hall–Kier alpha value is -2.85. The van der Waals surface area contributed by atoms with Gasteiger partial charge in [-0.2, -0.15) is 0 Å². The summed E-state index contributed by atoms with van der Waals surface area (Å²) in [6.45, 7) is 2.24. The first-order valence-corrected chi connectivity index (χ1v) is 18.3. The minimum atomic E-state index is -1.92. The number of nitrogens with zero attached hydrogens (tertiary/aromatic N) is 2. The second-order valence-corrected chi connectivity index (χ2v) is 20.2. The molecule has 2 nitrogen and oxygen atoms in total. The van der Waals surface area contributed by atoms with Crippen LogP contribution in [0.3, 0.4) is 0 Å². The molecule has 0 N–H and O–H groups in total. The van der Waals surface area contributed by atoms with E-state index < -0.39 is 13.3 Å². The molecule has 0 spiro atoms. The summed E-state index contributed by atoms with van der Waals surface area (Å²) in [4.78, 5) is 0. The Bertz CT molecular complexity index is 1420. The Morgan fingerprint density at radius 2 is 1.45 bits per heavy atom. The molecule has 0 saturated carbocycles. The van der Waals surface area contributed by atoms with Crippen LogP contribution < -0.4 is 8.96 Å². The average molecular weight is 466 g/mol. The van der Waals surface area contributed by atoms with Crippen molar-refractivity contribution >= 4 is 39.5 Å². The van der Waals surface area contributed by atoms with Gasteiger partial charge in [0.2, 0.25) is 0 Å². The molecule has 0 unspecified atom stereocenters. The normalized spacial score (nSPS) is 12.0. The fraction of sp³-hybridized carbons (Fsp3) is 0.179. The summed E-state index contributed by atoms with van der Waals surface area (Å²) < 4.78 is 6.20. The number of aromatic nitrogens is 2. The second kappa shape index (κ2) is 7.38. The van der Waals surface area contributed by atoms with Gasteiger partial charge in [-0.3, -0.25) is 0 Å². The van der Waals surface area contributed by atoms with Crippen LogP contribution in [0.15, 0.2) is 85.1 Å². The quantitative estimate of drug-likeness (QED) is 0.224. The van der Waals surface area contributed by atoms with Crippen LogP contribution in [0.25, 0.3) is 38.8 Å². The van der Waals surface area contributed by atoms with Gasteiger partial charge in [-0.05, 0) is 0 Å². The monoisotopic (exact) mass is 467 g/mol. The van der Waals surface area contributed by atoms with Crippen molar-refractivity contribution in [1.29, 1.82) is 0 Å². The molecule has 0 aliphatic rings. The number of pyridine rings is 1. The molecule has 2 heterocycles. The van der Waals surface area contributed by atoms with E-state index >= 15 is 0 Å². The summed E-state index contributed by atoms with van der Waals surface area (Å²) >= 11 is -1.92. The third kappa shape index (κ3) is 3.39. The van der Waals surface area contributed by atoms with Gasteiger partial charge in [-0.1, -0.05) is 0 Å². The number of hydrogen-bond donors (Lipinski definition) is 0. The first kappa shape index (κ1) is 20.1. The fourth-order valence-corrected chi connectivity index (χ4v) is 6.96. The number of benzene rings is 3. The van der Waals surface area contributed by atoms with Gasteiger partial charge in [0.15, 0.2) is 0 Å². The number of para-hydroxylation sites is 2. The summed E-state index contributed by atoms with van der Waals surface area (Å²) in [6.07, 6.45) is 2.23. The van der Waals surface area contributed by atoms with Crippen molar-refractivity contribution in [3.05, 3.63) is 90.6 Å². The van der Waals surface area contributed by atoms with Crippen LogP contribution in [-0.2, 0) is 7.05 Å². The van der Waals surface area contributed by atoms with E-state index in [1.54, 1.807) is 4.40 Å². The average Bonchev–Trinajstić information content (AvgIpc) is 3.06. The van der Waals surface area contributed by atoms with Crippen LogP contribution in [0.2, 0.25) is 17.3 Å². The van der Waals surface area contributed by atoms with Gasteiger partial charge in [0.25, 0.3) is 0 Å². The zero-order valence-corrected chi connectivity index (χ0v) is 21.1. The van der Waals surface area contributed by atoms with Gasteiger partial charge < -0.3 is 0 Å². The first-order chi connectivity index (χ1) is 14.8. The second-order valence-electron chi connectivity index (χ2n) is 9.53. The third-order valence-corrected chi connectivity index (χ3v) is 10.6. The Morgan fingerprint density at radius 3 is 2.19 bits per heavy atom. The van der Waals surface area contributed by atoms with Crippen LogP contribution in [0.5, 0.6) is 0 Å². The third-order valence-electron chi connectivity index (χ3n) is 6.33. The Labute approximate surface area is 187 Å². The molecule has 0 atom stereocenters. The molecule has 0 fully saturated rings. The van der Waals surface area contributed by atoms with Crippen molar-refractivity contribution in [3.63, 3.8) is 0 Å². The topological polar surface area (TPSA) is 8.81 Å². The summed E-state index contributed by atoms with van der Waals surface area (Å²) in [5.41, 5.74) is 7.65.